The van der Waals surface area contributed by atoms with E-state index in [0.717, 1.165) is 19.3 Å². The first-order valence-corrected chi connectivity index (χ1v) is 8.07. The molecule has 0 bridgehead atoms. The number of aromatic hydroxyl groups is 1. The molecule has 3 rings (SSSR count). The smallest absolute Gasteiger partial charge is 0.258 e. The number of fused-ring (bicyclic) bond motifs is 1. The van der Waals surface area contributed by atoms with Crippen LogP contribution in [0.2, 0.25) is 0 Å². The van der Waals surface area contributed by atoms with Crippen molar-refractivity contribution in [2.24, 2.45) is 5.41 Å². The Labute approximate surface area is 135 Å². The van der Waals surface area contributed by atoms with E-state index in [2.05, 4.69) is 11.9 Å². The molecular formula is C18H22N2O3. The molecule has 1 aliphatic heterocycles. The molecule has 1 fully saturated rings. The second-order valence-electron chi connectivity index (χ2n) is 6.34. The highest BCUT2D eigenvalue weighted by atomic mass is 16.3. The maximum Gasteiger partial charge on any atom is 0.258 e. The van der Waals surface area contributed by atoms with Crippen molar-refractivity contribution in [3.8, 4) is 5.75 Å². The van der Waals surface area contributed by atoms with Gasteiger partial charge in [-0.25, -0.2) is 0 Å². The van der Waals surface area contributed by atoms with Gasteiger partial charge in [0.15, 0.2) is 0 Å². The fourth-order valence-electron chi connectivity index (χ4n) is 3.32. The van der Waals surface area contributed by atoms with Crippen molar-refractivity contribution >= 4 is 16.8 Å². The third-order valence-electron chi connectivity index (χ3n) is 5.17. The monoisotopic (exact) mass is 314 g/mol. The highest BCUT2D eigenvalue weighted by Gasteiger charge is 2.35. The number of amides is 1. The van der Waals surface area contributed by atoms with Gasteiger partial charge in [-0.3, -0.25) is 9.78 Å². The number of nitrogens with zero attached hydrogens (tertiary/aromatic N) is 2. The van der Waals surface area contributed by atoms with Gasteiger partial charge in [-0.1, -0.05) is 25.1 Å². The number of likely N-dealkylation sites (tertiary alicyclic amines) is 1. The standard InChI is InChI=1S/C18H22N2O3/c1-2-18(12-21)7-9-20(10-8-18)17(23)16-13-5-3-4-6-14(13)19-11-15(16)22/h3-6,11,21-22H,2,7-10,12H2,1H3. The van der Waals surface area contributed by atoms with E-state index in [-0.39, 0.29) is 23.7 Å². The number of hydrogen-bond acceptors (Lipinski definition) is 4. The lowest BCUT2D eigenvalue weighted by Crippen LogP contribution is -2.44. The fourth-order valence-corrected chi connectivity index (χ4v) is 3.32. The highest BCUT2D eigenvalue weighted by Crippen LogP contribution is 2.35. The molecule has 0 spiro atoms. The Kier molecular flexibility index (Phi) is 4.22. The maximum atomic E-state index is 12.9. The Bertz CT molecular complexity index is 715. The first-order valence-electron chi connectivity index (χ1n) is 8.07. The van der Waals surface area contributed by atoms with Crippen LogP contribution in [-0.4, -0.2) is 45.7 Å². The van der Waals surface area contributed by atoms with E-state index >= 15 is 0 Å². The number of pyridine rings is 1. The van der Waals surface area contributed by atoms with E-state index < -0.39 is 0 Å². The quantitative estimate of drug-likeness (QED) is 0.913. The van der Waals surface area contributed by atoms with Crippen molar-refractivity contribution < 1.29 is 15.0 Å². The van der Waals surface area contributed by atoms with Crippen molar-refractivity contribution in [2.45, 2.75) is 26.2 Å². The predicted octanol–water partition coefficient (Wildman–Crippen LogP) is 2.57. The van der Waals surface area contributed by atoms with Gasteiger partial charge in [0, 0.05) is 25.1 Å². The number of piperidine rings is 1. The predicted molar refractivity (Wildman–Crippen MR) is 88.4 cm³/mol. The molecule has 5 nitrogen and oxygen atoms in total. The Morgan fingerprint density at radius 2 is 2.00 bits per heavy atom. The summed E-state index contributed by atoms with van der Waals surface area (Å²) >= 11 is 0. The van der Waals surface area contributed by atoms with Gasteiger partial charge in [0.05, 0.1) is 17.3 Å². The number of hydrogen-bond donors (Lipinski definition) is 2. The Morgan fingerprint density at radius 1 is 1.30 bits per heavy atom. The lowest BCUT2D eigenvalue weighted by molar-refractivity contribution is 0.0337. The van der Waals surface area contributed by atoms with Crippen LogP contribution in [0, 0.1) is 5.41 Å². The van der Waals surface area contributed by atoms with Gasteiger partial charge in [0.25, 0.3) is 5.91 Å². The molecule has 0 saturated carbocycles. The van der Waals surface area contributed by atoms with Gasteiger partial charge in [-0.05, 0) is 30.7 Å². The van der Waals surface area contributed by atoms with Crippen molar-refractivity contribution in [2.75, 3.05) is 19.7 Å². The molecule has 23 heavy (non-hydrogen) atoms. The number of aliphatic hydroxyl groups is 1. The molecular weight excluding hydrogens is 292 g/mol. The molecule has 2 aromatic rings. The van der Waals surface area contributed by atoms with Gasteiger partial charge < -0.3 is 15.1 Å². The van der Waals surface area contributed by atoms with Crippen LogP contribution in [0.3, 0.4) is 0 Å². The molecule has 122 valence electrons. The number of carbonyl (C=O) groups is 1. The molecule has 1 aromatic carbocycles. The fraction of sp³-hybridized carbons (Fsp3) is 0.444. The van der Waals surface area contributed by atoms with Crippen LogP contribution in [0.25, 0.3) is 10.9 Å². The molecule has 1 aliphatic rings. The summed E-state index contributed by atoms with van der Waals surface area (Å²) in [5.41, 5.74) is 0.951. The summed E-state index contributed by atoms with van der Waals surface area (Å²) in [5, 5.41) is 20.4. The van der Waals surface area contributed by atoms with Crippen LogP contribution in [0.1, 0.15) is 36.5 Å². The maximum absolute atomic E-state index is 12.9. The largest absolute Gasteiger partial charge is 0.505 e. The van der Waals surface area contributed by atoms with E-state index in [9.17, 15) is 15.0 Å². The second-order valence-corrected chi connectivity index (χ2v) is 6.34. The highest BCUT2D eigenvalue weighted by molar-refractivity contribution is 6.08. The van der Waals surface area contributed by atoms with E-state index in [1.165, 1.54) is 6.20 Å². The molecule has 2 heterocycles. The third-order valence-corrected chi connectivity index (χ3v) is 5.17. The number of benzene rings is 1. The number of aromatic nitrogens is 1. The zero-order valence-electron chi connectivity index (χ0n) is 13.3. The van der Waals surface area contributed by atoms with Gasteiger partial charge in [0.1, 0.15) is 5.75 Å². The third kappa shape index (κ3) is 2.77. The minimum Gasteiger partial charge on any atom is -0.505 e. The molecule has 1 saturated heterocycles. The number of carbonyl (C=O) groups excluding carboxylic acids is 1. The van der Waals surface area contributed by atoms with Gasteiger partial charge in [0.2, 0.25) is 0 Å². The van der Waals surface area contributed by atoms with E-state index in [1.54, 1.807) is 4.90 Å². The van der Waals surface area contributed by atoms with Crippen LogP contribution in [0.5, 0.6) is 5.75 Å². The van der Waals surface area contributed by atoms with Crippen LogP contribution in [0.4, 0.5) is 0 Å². The molecule has 0 radical (unpaired) electrons. The normalized spacial score (nSPS) is 17.4. The molecule has 5 heteroatoms. The zero-order chi connectivity index (χ0) is 16.4. The molecule has 2 N–H and O–H groups in total. The van der Waals surface area contributed by atoms with Gasteiger partial charge >= 0.3 is 0 Å². The average Bonchev–Trinajstić information content (AvgIpc) is 2.61. The van der Waals surface area contributed by atoms with Gasteiger partial charge in [-0.2, -0.15) is 0 Å². The summed E-state index contributed by atoms with van der Waals surface area (Å²) in [6, 6.07) is 7.33. The zero-order valence-corrected chi connectivity index (χ0v) is 13.3. The van der Waals surface area contributed by atoms with E-state index in [0.29, 0.717) is 29.6 Å². The minimum atomic E-state index is -0.163. The minimum absolute atomic E-state index is 0.0703. The summed E-state index contributed by atoms with van der Waals surface area (Å²) in [6.07, 6.45) is 3.82. The Hall–Kier alpha value is -2.14. The number of para-hydroxylation sites is 1. The summed E-state index contributed by atoms with van der Waals surface area (Å²) in [7, 11) is 0. The van der Waals surface area contributed by atoms with Crippen LogP contribution in [-0.2, 0) is 0 Å². The number of rotatable bonds is 3. The lowest BCUT2D eigenvalue weighted by atomic mass is 9.77. The molecule has 0 atom stereocenters. The summed E-state index contributed by atoms with van der Waals surface area (Å²) in [5.74, 6) is -0.244. The number of aliphatic hydroxyl groups excluding tert-OH is 1. The van der Waals surface area contributed by atoms with Crippen molar-refractivity contribution in [1.82, 2.24) is 9.88 Å². The molecule has 1 aromatic heterocycles. The molecule has 0 unspecified atom stereocenters. The average molecular weight is 314 g/mol. The van der Waals surface area contributed by atoms with Crippen molar-refractivity contribution in [3.05, 3.63) is 36.0 Å². The van der Waals surface area contributed by atoms with Crippen LogP contribution < -0.4 is 0 Å². The summed E-state index contributed by atoms with van der Waals surface area (Å²) in [4.78, 5) is 18.8. The van der Waals surface area contributed by atoms with Gasteiger partial charge in [-0.15, -0.1) is 0 Å². The van der Waals surface area contributed by atoms with E-state index in [1.807, 2.05) is 24.3 Å². The first kappa shape index (κ1) is 15.7. The van der Waals surface area contributed by atoms with Crippen LogP contribution >= 0.6 is 0 Å². The SMILES string of the molecule is CCC1(CO)CCN(C(=O)c2c(O)cnc3ccccc23)CC1. The first-order chi connectivity index (χ1) is 11.1. The van der Waals surface area contributed by atoms with Crippen molar-refractivity contribution in [1.29, 1.82) is 0 Å². The summed E-state index contributed by atoms with van der Waals surface area (Å²) < 4.78 is 0. The Morgan fingerprint density at radius 3 is 2.65 bits per heavy atom. The lowest BCUT2D eigenvalue weighted by Gasteiger charge is -2.40. The van der Waals surface area contributed by atoms with Crippen molar-refractivity contribution in [3.63, 3.8) is 0 Å². The Balaban J connectivity index is 1.89. The van der Waals surface area contributed by atoms with Crippen LogP contribution in [0.15, 0.2) is 30.5 Å². The molecule has 0 aliphatic carbocycles. The summed E-state index contributed by atoms with van der Waals surface area (Å²) in [6.45, 7) is 3.44. The topological polar surface area (TPSA) is 73.7 Å². The molecule has 1 amide bonds. The van der Waals surface area contributed by atoms with E-state index in [4.69, 9.17) is 0 Å². The second kappa shape index (κ2) is 6.16.